The van der Waals surface area contributed by atoms with Crippen LogP contribution in [0.1, 0.15) is 72.6 Å². The first kappa shape index (κ1) is 18.9. The van der Waals surface area contributed by atoms with Crippen LogP contribution < -0.4 is 5.32 Å². The Morgan fingerprint density at radius 2 is 1.83 bits per heavy atom. The van der Waals surface area contributed by atoms with Gasteiger partial charge in [0.25, 0.3) is 0 Å². The summed E-state index contributed by atoms with van der Waals surface area (Å²) in [5, 5.41) is 3.63. The Hall–Kier alpha value is -0.410. The fourth-order valence-electron chi connectivity index (χ4n) is 4.67. The zero-order chi connectivity index (χ0) is 16.8. The molecule has 2 rings (SSSR count). The Morgan fingerprint density at radius 1 is 1.04 bits per heavy atom. The summed E-state index contributed by atoms with van der Waals surface area (Å²) >= 11 is 0. The summed E-state index contributed by atoms with van der Waals surface area (Å²) in [4.78, 5) is 15.6. The van der Waals surface area contributed by atoms with Crippen LogP contribution in [-0.4, -0.2) is 42.4 Å². The predicted molar refractivity (Wildman–Crippen MR) is 97.6 cm³/mol. The van der Waals surface area contributed by atoms with Crippen molar-refractivity contribution in [3.63, 3.8) is 0 Å². The molecule has 3 heteroatoms. The smallest absolute Gasteiger partial charge is 0.150 e. The lowest BCUT2D eigenvalue weighted by Crippen LogP contribution is -2.51. The molecule has 1 N–H and O–H groups in total. The van der Waals surface area contributed by atoms with E-state index in [1.165, 1.54) is 25.7 Å². The Labute approximate surface area is 143 Å². The summed E-state index contributed by atoms with van der Waals surface area (Å²) in [6.07, 6.45) is 8.38. The Bertz CT molecular complexity index is 371. The number of Topliss-reactive ketones (excluding diaryl/α,β-unsaturated/α-hetero) is 1. The summed E-state index contributed by atoms with van der Waals surface area (Å²) in [6, 6.07) is 1.17. The van der Waals surface area contributed by atoms with Gasteiger partial charge in [0.1, 0.15) is 5.78 Å². The molecule has 2 fully saturated rings. The van der Waals surface area contributed by atoms with Crippen molar-refractivity contribution in [2.24, 2.45) is 17.8 Å². The first-order chi connectivity index (χ1) is 11.1. The standard InChI is InChI=1S/C20H38N2O/c1-5-15-9-10-18(8-4)22(13-15)14-20(23)19-11-17(7-3)21-12-16(19)6-2/h15-19,21H,5-14H2,1-4H3. The van der Waals surface area contributed by atoms with E-state index in [0.29, 0.717) is 30.3 Å². The molecule has 2 heterocycles. The number of hydrogen-bond donors (Lipinski definition) is 1. The Morgan fingerprint density at radius 3 is 2.43 bits per heavy atom. The quantitative estimate of drug-likeness (QED) is 0.772. The number of carbonyl (C=O) groups excluding carboxylic acids is 1. The number of piperidine rings is 2. The maximum Gasteiger partial charge on any atom is 0.150 e. The van der Waals surface area contributed by atoms with Gasteiger partial charge >= 0.3 is 0 Å². The fraction of sp³-hybridized carbons (Fsp3) is 0.950. The third kappa shape index (κ3) is 4.79. The van der Waals surface area contributed by atoms with E-state index in [4.69, 9.17) is 0 Å². The highest BCUT2D eigenvalue weighted by Crippen LogP contribution is 2.30. The molecule has 0 spiro atoms. The number of ketones is 1. The minimum atomic E-state index is 0.283. The second-order valence-electron chi connectivity index (χ2n) is 7.83. The molecule has 0 saturated carbocycles. The van der Waals surface area contributed by atoms with Crippen LogP contribution in [0.4, 0.5) is 0 Å². The van der Waals surface area contributed by atoms with Gasteiger partial charge in [0.2, 0.25) is 0 Å². The molecule has 0 aromatic heterocycles. The second kappa shape index (κ2) is 9.17. The molecule has 0 amide bonds. The van der Waals surface area contributed by atoms with Crippen molar-refractivity contribution in [3.8, 4) is 0 Å². The molecule has 134 valence electrons. The van der Waals surface area contributed by atoms with Crippen LogP contribution in [-0.2, 0) is 4.79 Å². The SMILES string of the molecule is CCC1CCC(CC)N(CC(=O)C2CC(CC)NCC2CC)C1. The number of nitrogens with zero attached hydrogens (tertiary/aromatic N) is 1. The highest BCUT2D eigenvalue weighted by molar-refractivity contribution is 5.83. The highest BCUT2D eigenvalue weighted by atomic mass is 16.1. The number of nitrogens with one attached hydrogen (secondary N) is 1. The van der Waals surface area contributed by atoms with Crippen LogP contribution >= 0.6 is 0 Å². The normalized spacial score (nSPS) is 36.1. The van der Waals surface area contributed by atoms with Crippen LogP contribution in [0.25, 0.3) is 0 Å². The van der Waals surface area contributed by atoms with Gasteiger partial charge in [0.05, 0.1) is 6.54 Å². The first-order valence-electron chi connectivity index (χ1n) is 10.1. The number of likely N-dealkylation sites (tertiary alicyclic amines) is 1. The van der Waals surface area contributed by atoms with Crippen molar-refractivity contribution in [1.82, 2.24) is 10.2 Å². The van der Waals surface area contributed by atoms with E-state index in [2.05, 4.69) is 37.9 Å². The number of carbonyl (C=O) groups is 1. The highest BCUT2D eigenvalue weighted by Gasteiger charge is 2.35. The molecule has 0 bridgehead atoms. The van der Waals surface area contributed by atoms with Crippen LogP contribution in [0.15, 0.2) is 0 Å². The van der Waals surface area contributed by atoms with Crippen molar-refractivity contribution in [2.75, 3.05) is 19.6 Å². The molecular formula is C20H38N2O. The maximum atomic E-state index is 13.1. The molecule has 0 aromatic rings. The molecule has 2 saturated heterocycles. The van der Waals surface area contributed by atoms with Gasteiger partial charge in [-0.05, 0) is 50.5 Å². The van der Waals surface area contributed by atoms with Crippen molar-refractivity contribution in [1.29, 1.82) is 0 Å². The average Bonchev–Trinajstić information content (AvgIpc) is 2.60. The van der Waals surface area contributed by atoms with Gasteiger partial charge < -0.3 is 5.32 Å². The lowest BCUT2D eigenvalue weighted by molar-refractivity contribution is -0.128. The van der Waals surface area contributed by atoms with Gasteiger partial charge in [0, 0.05) is 24.5 Å². The molecule has 0 radical (unpaired) electrons. The molecule has 5 unspecified atom stereocenters. The van der Waals surface area contributed by atoms with Gasteiger partial charge in [-0.1, -0.05) is 40.5 Å². The van der Waals surface area contributed by atoms with Gasteiger partial charge in [-0.3, -0.25) is 9.69 Å². The lowest BCUT2D eigenvalue weighted by atomic mass is 9.78. The third-order valence-electron chi connectivity index (χ3n) is 6.53. The summed E-state index contributed by atoms with van der Waals surface area (Å²) in [5.41, 5.74) is 0. The van der Waals surface area contributed by atoms with Crippen LogP contribution in [0.3, 0.4) is 0 Å². The number of rotatable bonds is 7. The Balaban J connectivity index is 1.99. The molecule has 2 aliphatic rings. The summed E-state index contributed by atoms with van der Waals surface area (Å²) in [6.45, 7) is 11.9. The summed E-state index contributed by atoms with van der Waals surface area (Å²) < 4.78 is 0. The zero-order valence-corrected chi connectivity index (χ0v) is 15.8. The maximum absolute atomic E-state index is 13.1. The van der Waals surface area contributed by atoms with Crippen molar-refractivity contribution in [2.45, 2.75) is 84.7 Å². The third-order valence-corrected chi connectivity index (χ3v) is 6.53. The minimum Gasteiger partial charge on any atom is -0.314 e. The van der Waals surface area contributed by atoms with Crippen molar-refractivity contribution >= 4 is 5.78 Å². The zero-order valence-electron chi connectivity index (χ0n) is 15.8. The molecule has 3 nitrogen and oxygen atoms in total. The predicted octanol–water partition coefficient (Wildman–Crippen LogP) is 3.87. The van der Waals surface area contributed by atoms with Crippen molar-refractivity contribution < 1.29 is 4.79 Å². The van der Waals surface area contributed by atoms with E-state index in [9.17, 15) is 4.79 Å². The van der Waals surface area contributed by atoms with Gasteiger partial charge in [0.15, 0.2) is 0 Å². The topological polar surface area (TPSA) is 32.3 Å². The lowest BCUT2D eigenvalue weighted by Gasteiger charge is -2.41. The van der Waals surface area contributed by atoms with Gasteiger partial charge in [-0.15, -0.1) is 0 Å². The molecule has 5 atom stereocenters. The molecular weight excluding hydrogens is 284 g/mol. The van der Waals surface area contributed by atoms with E-state index >= 15 is 0 Å². The van der Waals surface area contributed by atoms with E-state index in [-0.39, 0.29) is 5.92 Å². The molecule has 2 aliphatic heterocycles. The first-order valence-corrected chi connectivity index (χ1v) is 10.1. The largest absolute Gasteiger partial charge is 0.314 e. The fourth-order valence-corrected chi connectivity index (χ4v) is 4.67. The molecule has 23 heavy (non-hydrogen) atoms. The molecule has 0 aromatic carbocycles. The van der Waals surface area contributed by atoms with E-state index in [0.717, 1.165) is 38.3 Å². The van der Waals surface area contributed by atoms with Crippen molar-refractivity contribution in [3.05, 3.63) is 0 Å². The summed E-state index contributed by atoms with van der Waals surface area (Å²) in [5.74, 6) is 2.14. The second-order valence-corrected chi connectivity index (χ2v) is 7.83. The van der Waals surface area contributed by atoms with Crippen LogP contribution in [0, 0.1) is 17.8 Å². The van der Waals surface area contributed by atoms with E-state index in [1.54, 1.807) is 0 Å². The number of hydrogen-bond acceptors (Lipinski definition) is 3. The van der Waals surface area contributed by atoms with Crippen LogP contribution in [0.2, 0.25) is 0 Å². The molecule has 0 aliphatic carbocycles. The van der Waals surface area contributed by atoms with E-state index < -0.39 is 0 Å². The van der Waals surface area contributed by atoms with E-state index in [1.807, 2.05) is 0 Å². The van der Waals surface area contributed by atoms with Gasteiger partial charge in [-0.2, -0.15) is 0 Å². The monoisotopic (exact) mass is 322 g/mol. The van der Waals surface area contributed by atoms with Crippen LogP contribution in [0.5, 0.6) is 0 Å². The van der Waals surface area contributed by atoms with Gasteiger partial charge in [-0.25, -0.2) is 0 Å². The minimum absolute atomic E-state index is 0.283. The Kier molecular flexibility index (Phi) is 7.55. The summed E-state index contributed by atoms with van der Waals surface area (Å²) in [7, 11) is 0. The average molecular weight is 323 g/mol.